The van der Waals surface area contributed by atoms with Crippen LogP contribution in [-0.4, -0.2) is 9.78 Å². The highest BCUT2D eigenvalue weighted by atomic mass is 79.9. The van der Waals surface area contributed by atoms with Crippen molar-refractivity contribution in [2.24, 2.45) is 0 Å². The first-order chi connectivity index (χ1) is 8.99. The second-order valence-corrected chi connectivity index (χ2v) is 7.62. The number of thiophene rings is 1. The number of hydrogen-bond donors (Lipinski definition) is 1. The Labute approximate surface area is 132 Å². The monoisotopic (exact) mass is 405 g/mol. The molecule has 0 aliphatic rings. The van der Waals surface area contributed by atoms with Crippen molar-refractivity contribution in [1.29, 1.82) is 0 Å². The first-order valence-electron chi connectivity index (χ1n) is 5.74. The third-order valence-electron chi connectivity index (χ3n) is 2.51. The predicted molar refractivity (Wildman–Crippen MR) is 85.9 cm³/mol. The number of halogens is 2. The molecule has 0 fully saturated rings. The zero-order chi connectivity index (χ0) is 14.0. The van der Waals surface area contributed by atoms with Crippen molar-refractivity contribution >= 4 is 48.9 Å². The van der Waals surface area contributed by atoms with E-state index in [1.54, 1.807) is 17.5 Å². The third-order valence-corrected chi connectivity index (χ3v) is 4.90. The van der Waals surface area contributed by atoms with Crippen molar-refractivity contribution in [3.63, 3.8) is 0 Å². The molecule has 7 heteroatoms. The van der Waals surface area contributed by atoms with Gasteiger partial charge in [-0.15, -0.1) is 11.3 Å². The quantitative estimate of drug-likeness (QED) is 0.833. The van der Waals surface area contributed by atoms with Crippen molar-refractivity contribution in [3.8, 4) is 0 Å². The van der Waals surface area contributed by atoms with Crippen LogP contribution >= 0.6 is 43.2 Å². The van der Waals surface area contributed by atoms with Gasteiger partial charge in [0.25, 0.3) is 5.56 Å². The van der Waals surface area contributed by atoms with Gasteiger partial charge in [-0.05, 0) is 57.8 Å². The summed E-state index contributed by atoms with van der Waals surface area (Å²) in [5.41, 5.74) is 0.596. The molecule has 0 amide bonds. The highest BCUT2D eigenvalue weighted by molar-refractivity contribution is 9.11. The average molecular weight is 407 g/mol. The van der Waals surface area contributed by atoms with Crippen LogP contribution in [0.4, 0.5) is 5.69 Å². The van der Waals surface area contributed by atoms with Crippen molar-refractivity contribution in [2.45, 2.75) is 26.4 Å². The van der Waals surface area contributed by atoms with Crippen LogP contribution in [0.25, 0.3) is 0 Å². The van der Waals surface area contributed by atoms with Gasteiger partial charge in [-0.25, -0.2) is 4.68 Å². The fourth-order valence-corrected chi connectivity index (χ4v) is 3.41. The van der Waals surface area contributed by atoms with Gasteiger partial charge in [-0.1, -0.05) is 0 Å². The first-order valence-corrected chi connectivity index (χ1v) is 8.14. The molecule has 0 radical (unpaired) electrons. The predicted octanol–water partition coefficient (Wildman–Crippen LogP) is 4.02. The Morgan fingerprint density at radius 1 is 1.42 bits per heavy atom. The van der Waals surface area contributed by atoms with Crippen LogP contribution in [0.2, 0.25) is 0 Å². The lowest BCUT2D eigenvalue weighted by atomic mass is 10.4. The molecular formula is C12H13Br2N3OS. The van der Waals surface area contributed by atoms with Gasteiger partial charge in [0.15, 0.2) is 0 Å². The zero-order valence-corrected chi connectivity index (χ0v) is 14.5. The SMILES string of the molecule is CC(C)n1ncc(NCc2ccc(Br)s2)c(Br)c1=O. The maximum absolute atomic E-state index is 12.1. The van der Waals surface area contributed by atoms with E-state index in [1.165, 1.54) is 9.56 Å². The molecule has 2 rings (SSSR count). The summed E-state index contributed by atoms with van der Waals surface area (Å²) in [6, 6.07) is 4.09. The first kappa shape index (κ1) is 14.7. The van der Waals surface area contributed by atoms with Crippen LogP contribution in [0.15, 0.2) is 31.4 Å². The standard InChI is InChI=1S/C12H13Br2N3OS/c1-7(2)17-12(18)11(14)9(6-16-17)15-5-8-3-4-10(13)19-8/h3-4,6-7,15H,5H2,1-2H3. The van der Waals surface area contributed by atoms with Gasteiger partial charge in [-0.3, -0.25) is 4.79 Å². The lowest BCUT2D eigenvalue weighted by Gasteiger charge is -2.11. The molecule has 102 valence electrons. The van der Waals surface area contributed by atoms with Crippen molar-refractivity contribution in [1.82, 2.24) is 9.78 Å². The Bertz CT molecular complexity index is 636. The maximum atomic E-state index is 12.1. The Hall–Kier alpha value is -0.660. The summed E-state index contributed by atoms with van der Waals surface area (Å²) in [5.74, 6) is 0. The van der Waals surface area contributed by atoms with Gasteiger partial charge in [-0.2, -0.15) is 5.10 Å². The van der Waals surface area contributed by atoms with Crippen molar-refractivity contribution in [3.05, 3.63) is 41.8 Å². The number of nitrogens with one attached hydrogen (secondary N) is 1. The largest absolute Gasteiger partial charge is 0.378 e. The Kier molecular flexibility index (Phi) is 4.81. The third kappa shape index (κ3) is 3.46. The fraction of sp³-hybridized carbons (Fsp3) is 0.333. The van der Waals surface area contributed by atoms with E-state index in [1.807, 2.05) is 26.0 Å². The summed E-state index contributed by atoms with van der Waals surface area (Å²) in [6.45, 7) is 4.52. The molecule has 0 saturated heterocycles. The van der Waals surface area contributed by atoms with Crippen LogP contribution in [0, 0.1) is 0 Å². The van der Waals surface area contributed by atoms with E-state index in [2.05, 4.69) is 42.3 Å². The highest BCUT2D eigenvalue weighted by Gasteiger charge is 2.10. The molecule has 4 nitrogen and oxygen atoms in total. The number of rotatable bonds is 4. The van der Waals surface area contributed by atoms with E-state index in [9.17, 15) is 4.79 Å². The fourth-order valence-electron chi connectivity index (χ4n) is 1.57. The Morgan fingerprint density at radius 3 is 2.74 bits per heavy atom. The molecule has 0 spiro atoms. The molecule has 2 heterocycles. The second-order valence-electron chi connectivity index (χ2n) is 4.28. The van der Waals surface area contributed by atoms with Gasteiger partial charge in [0.1, 0.15) is 4.47 Å². The molecule has 2 aromatic rings. The molecule has 0 saturated carbocycles. The molecule has 0 aromatic carbocycles. The van der Waals surface area contributed by atoms with Crippen LogP contribution < -0.4 is 10.9 Å². The topological polar surface area (TPSA) is 46.9 Å². The molecule has 0 bridgehead atoms. The van der Waals surface area contributed by atoms with E-state index in [-0.39, 0.29) is 11.6 Å². The number of hydrogen-bond acceptors (Lipinski definition) is 4. The van der Waals surface area contributed by atoms with Gasteiger partial charge < -0.3 is 5.32 Å². The second kappa shape index (κ2) is 6.19. The summed E-state index contributed by atoms with van der Waals surface area (Å²) >= 11 is 8.42. The van der Waals surface area contributed by atoms with Crippen LogP contribution in [-0.2, 0) is 6.54 Å². The van der Waals surface area contributed by atoms with Gasteiger partial charge in [0.2, 0.25) is 0 Å². The normalized spacial score (nSPS) is 11.0. The van der Waals surface area contributed by atoms with Gasteiger partial charge in [0.05, 0.1) is 21.7 Å². The molecule has 2 aromatic heterocycles. The van der Waals surface area contributed by atoms with Gasteiger partial charge in [0, 0.05) is 11.4 Å². The summed E-state index contributed by atoms with van der Waals surface area (Å²) in [5, 5.41) is 7.38. The number of aromatic nitrogens is 2. The lowest BCUT2D eigenvalue weighted by molar-refractivity contribution is 0.501. The summed E-state index contributed by atoms with van der Waals surface area (Å²) in [6.07, 6.45) is 1.67. The molecular weight excluding hydrogens is 394 g/mol. The average Bonchev–Trinajstić information content (AvgIpc) is 2.76. The number of anilines is 1. The molecule has 0 aliphatic carbocycles. The van der Waals surface area contributed by atoms with Gasteiger partial charge >= 0.3 is 0 Å². The van der Waals surface area contributed by atoms with Crippen molar-refractivity contribution < 1.29 is 0 Å². The minimum Gasteiger partial charge on any atom is -0.378 e. The minimum atomic E-state index is -0.118. The molecule has 0 unspecified atom stereocenters. The smallest absolute Gasteiger partial charge is 0.283 e. The zero-order valence-electron chi connectivity index (χ0n) is 10.5. The molecule has 0 atom stereocenters. The number of nitrogens with zero attached hydrogens (tertiary/aromatic N) is 2. The van der Waals surface area contributed by atoms with Crippen LogP contribution in [0.1, 0.15) is 24.8 Å². The van der Waals surface area contributed by atoms with E-state index < -0.39 is 0 Å². The maximum Gasteiger partial charge on any atom is 0.283 e. The Morgan fingerprint density at radius 2 is 2.16 bits per heavy atom. The molecule has 19 heavy (non-hydrogen) atoms. The Balaban J connectivity index is 2.18. The van der Waals surface area contributed by atoms with E-state index in [0.29, 0.717) is 16.7 Å². The van der Waals surface area contributed by atoms with Crippen LogP contribution in [0.3, 0.4) is 0 Å². The lowest BCUT2D eigenvalue weighted by Crippen LogP contribution is -2.25. The summed E-state index contributed by atoms with van der Waals surface area (Å²) in [4.78, 5) is 13.2. The van der Waals surface area contributed by atoms with E-state index in [4.69, 9.17) is 0 Å². The molecule has 1 N–H and O–H groups in total. The molecule has 0 aliphatic heterocycles. The highest BCUT2D eigenvalue weighted by Crippen LogP contribution is 2.24. The van der Waals surface area contributed by atoms with E-state index in [0.717, 1.165) is 3.79 Å². The summed E-state index contributed by atoms with van der Waals surface area (Å²) in [7, 11) is 0. The summed E-state index contributed by atoms with van der Waals surface area (Å²) < 4.78 is 3.07. The van der Waals surface area contributed by atoms with E-state index >= 15 is 0 Å². The van der Waals surface area contributed by atoms with Crippen molar-refractivity contribution in [2.75, 3.05) is 5.32 Å². The minimum absolute atomic E-state index is 0.0473. The van der Waals surface area contributed by atoms with Crippen LogP contribution in [0.5, 0.6) is 0 Å².